The van der Waals surface area contributed by atoms with Crippen molar-refractivity contribution in [1.29, 1.82) is 0 Å². The fourth-order valence-electron chi connectivity index (χ4n) is 2.50. The van der Waals surface area contributed by atoms with E-state index in [-0.39, 0.29) is 11.0 Å². The number of carbonyl (C=O) groups excluding carboxylic acids is 1. The third-order valence-electron chi connectivity index (χ3n) is 3.86. The van der Waals surface area contributed by atoms with Gasteiger partial charge in [-0.15, -0.1) is 10.2 Å². The van der Waals surface area contributed by atoms with Gasteiger partial charge in [-0.2, -0.15) is 0 Å². The minimum Gasteiger partial charge on any atom is -0.293 e. The van der Waals surface area contributed by atoms with E-state index in [1.54, 1.807) is 6.33 Å². The van der Waals surface area contributed by atoms with Gasteiger partial charge in [0.15, 0.2) is 10.9 Å². The number of para-hydroxylation sites is 1. The summed E-state index contributed by atoms with van der Waals surface area (Å²) >= 11 is 1.43. The SMILES string of the molecule is Cc1ccc(C)c(C(=O)[C@@H](C)Sc2nncn2-c2ccccc2)c1. The highest BCUT2D eigenvalue weighted by molar-refractivity contribution is 8.00. The zero-order valence-corrected chi connectivity index (χ0v) is 14.7. The zero-order valence-electron chi connectivity index (χ0n) is 13.9. The third kappa shape index (κ3) is 3.41. The molecule has 1 heterocycles. The molecule has 0 saturated heterocycles. The molecule has 0 N–H and O–H groups in total. The summed E-state index contributed by atoms with van der Waals surface area (Å²) in [6.07, 6.45) is 1.67. The van der Waals surface area contributed by atoms with Crippen LogP contribution in [-0.2, 0) is 0 Å². The minimum atomic E-state index is -0.239. The Hall–Kier alpha value is -2.40. The van der Waals surface area contributed by atoms with Gasteiger partial charge in [0.05, 0.1) is 5.25 Å². The first-order valence-electron chi connectivity index (χ1n) is 7.80. The molecule has 1 atom stereocenters. The molecule has 24 heavy (non-hydrogen) atoms. The van der Waals surface area contributed by atoms with Crippen molar-refractivity contribution in [3.8, 4) is 5.69 Å². The summed E-state index contributed by atoms with van der Waals surface area (Å²) in [6, 6.07) is 15.9. The van der Waals surface area contributed by atoms with Gasteiger partial charge >= 0.3 is 0 Å². The van der Waals surface area contributed by atoms with Crippen LogP contribution >= 0.6 is 11.8 Å². The van der Waals surface area contributed by atoms with Gasteiger partial charge in [-0.3, -0.25) is 9.36 Å². The molecule has 0 bridgehead atoms. The number of hydrogen-bond donors (Lipinski definition) is 0. The normalized spacial score (nSPS) is 12.1. The van der Waals surface area contributed by atoms with Crippen LogP contribution in [0.1, 0.15) is 28.4 Å². The maximum Gasteiger partial charge on any atom is 0.196 e. The first kappa shape index (κ1) is 16.5. The Balaban J connectivity index is 1.83. The van der Waals surface area contributed by atoms with Crippen LogP contribution in [0.2, 0.25) is 0 Å². The van der Waals surface area contributed by atoms with Crippen LogP contribution in [0.3, 0.4) is 0 Å². The molecule has 4 nitrogen and oxygen atoms in total. The highest BCUT2D eigenvalue weighted by Crippen LogP contribution is 2.27. The molecule has 0 aliphatic carbocycles. The monoisotopic (exact) mass is 337 g/mol. The molecule has 0 amide bonds. The summed E-state index contributed by atoms with van der Waals surface area (Å²) in [6.45, 7) is 5.88. The summed E-state index contributed by atoms with van der Waals surface area (Å²) in [5.74, 6) is 0.115. The van der Waals surface area contributed by atoms with Crippen LogP contribution < -0.4 is 0 Å². The van der Waals surface area contributed by atoms with Crippen LogP contribution in [0.15, 0.2) is 60.0 Å². The first-order valence-corrected chi connectivity index (χ1v) is 8.68. The number of aryl methyl sites for hydroxylation is 2. The quantitative estimate of drug-likeness (QED) is 0.516. The van der Waals surface area contributed by atoms with Crippen LogP contribution in [0, 0.1) is 13.8 Å². The lowest BCUT2D eigenvalue weighted by atomic mass is 10.0. The number of aromatic nitrogens is 3. The van der Waals surface area contributed by atoms with Crippen LogP contribution in [-0.4, -0.2) is 25.8 Å². The van der Waals surface area contributed by atoms with E-state index in [0.29, 0.717) is 5.16 Å². The summed E-state index contributed by atoms with van der Waals surface area (Å²) in [5.41, 5.74) is 3.85. The minimum absolute atomic E-state index is 0.115. The number of thioether (sulfide) groups is 1. The molecule has 2 aromatic carbocycles. The second-order valence-corrected chi connectivity index (χ2v) is 7.07. The lowest BCUT2D eigenvalue weighted by Gasteiger charge is -2.13. The number of rotatable bonds is 5. The van der Waals surface area contributed by atoms with E-state index in [0.717, 1.165) is 22.4 Å². The lowest BCUT2D eigenvalue weighted by Crippen LogP contribution is -2.16. The Kier molecular flexibility index (Phi) is 4.81. The van der Waals surface area contributed by atoms with E-state index >= 15 is 0 Å². The second-order valence-electron chi connectivity index (χ2n) is 5.76. The molecule has 1 aromatic heterocycles. The van der Waals surface area contributed by atoms with Gasteiger partial charge in [-0.25, -0.2) is 0 Å². The largest absolute Gasteiger partial charge is 0.293 e. The fourth-order valence-corrected chi connectivity index (χ4v) is 3.41. The van der Waals surface area contributed by atoms with E-state index in [1.807, 2.05) is 73.9 Å². The molecule has 0 spiro atoms. The van der Waals surface area contributed by atoms with Gasteiger partial charge in [0, 0.05) is 11.3 Å². The molecule has 0 unspecified atom stereocenters. The van der Waals surface area contributed by atoms with Crippen molar-refractivity contribution in [2.75, 3.05) is 0 Å². The van der Waals surface area contributed by atoms with Gasteiger partial charge in [0.2, 0.25) is 0 Å². The molecule has 5 heteroatoms. The van der Waals surface area contributed by atoms with Crippen molar-refractivity contribution in [3.63, 3.8) is 0 Å². The Morgan fingerprint density at radius 2 is 1.88 bits per heavy atom. The number of nitrogens with zero attached hydrogens (tertiary/aromatic N) is 3. The lowest BCUT2D eigenvalue weighted by molar-refractivity contribution is 0.0993. The van der Waals surface area contributed by atoms with Crippen molar-refractivity contribution < 1.29 is 4.79 Å². The number of Topliss-reactive ketones (excluding diaryl/α,β-unsaturated/α-hetero) is 1. The van der Waals surface area contributed by atoms with Gasteiger partial charge in [-0.05, 0) is 44.5 Å². The van der Waals surface area contributed by atoms with Gasteiger partial charge in [0.1, 0.15) is 6.33 Å². The number of ketones is 1. The van der Waals surface area contributed by atoms with E-state index in [2.05, 4.69) is 10.2 Å². The van der Waals surface area contributed by atoms with Crippen LogP contribution in [0.4, 0.5) is 0 Å². The maximum absolute atomic E-state index is 12.8. The van der Waals surface area contributed by atoms with Gasteiger partial charge in [-0.1, -0.05) is 47.7 Å². The van der Waals surface area contributed by atoms with Crippen LogP contribution in [0.25, 0.3) is 5.69 Å². The van der Waals surface area contributed by atoms with Gasteiger partial charge < -0.3 is 0 Å². The van der Waals surface area contributed by atoms with E-state index < -0.39 is 0 Å². The highest BCUT2D eigenvalue weighted by atomic mass is 32.2. The topological polar surface area (TPSA) is 47.8 Å². The highest BCUT2D eigenvalue weighted by Gasteiger charge is 2.21. The predicted molar refractivity (Wildman–Crippen MR) is 96.9 cm³/mol. The third-order valence-corrected chi connectivity index (χ3v) is 4.92. The van der Waals surface area contributed by atoms with Crippen molar-refractivity contribution >= 4 is 17.5 Å². The predicted octanol–water partition coefficient (Wildman–Crippen LogP) is 4.25. The summed E-state index contributed by atoms with van der Waals surface area (Å²) < 4.78 is 1.90. The van der Waals surface area contributed by atoms with Crippen molar-refractivity contribution in [3.05, 3.63) is 71.5 Å². The number of hydrogen-bond acceptors (Lipinski definition) is 4. The van der Waals surface area contributed by atoms with Crippen LogP contribution in [0.5, 0.6) is 0 Å². The van der Waals surface area contributed by atoms with Crippen molar-refractivity contribution in [1.82, 2.24) is 14.8 Å². The Morgan fingerprint density at radius 3 is 2.62 bits per heavy atom. The Bertz CT molecular complexity index is 858. The standard InChI is InChI=1S/C19H19N3OS/c1-13-9-10-14(2)17(11-13)18(23)15(3)24-19-21-20-12-22(19)16-7-5-4-6-8-16/h4-12,15H,1-3H3/t15-/m1/s1. The van der Waals surface area contributed by atoms with Crippen molar-refractivity contribution in [2.45, 2.75) is 31.2 Å². The fraction of sp³-hybridized carbons (Fsp3) is 0.211. The number of carbonyl (C=O) groups is 1. The smallest absolute Gasteiger partial charge is 0.196 e. The molecule has 3 rings (SSSR count). The van der Waals surface area contributed by atoms with Crippen molar-refractivity contribution in [2.24, 2.45) is 0 Å². The maximum atomic E-state index is 12.8. The average molecular weight is 337 g/mol. The molecule has 0 radical (unpaired) electrons. The summed E-state index contributed by atoms with van der Waals surface area (Å²) in [4.78, 5) is 12.8. The zero-order chi connectivity index (χ0) is 17.1. The Morgan fingerprint density at radius 1 is 1.12 bits per heavy atom. The molecule has 0 saturated carbocycles. The van der Waals surface area contributed by atoms with E-state index in [9.17, 15) is 4.79 Å². The second kappa shape index (κ2) is 7.01. The molecule has 122 valence electrons. The molecule has 0 aliphatic heterocycles. The molecular formula is C19H19N3OS. The summed E-state index contributed by atoms with van der Waals surface area (Å²) in [7, 11) is 0. The van der Waals surface area contributed by atoms with Gasteiger partial charge in [0.25, 0.3) is 0 Å². The average Bonchev–Trinajstić information content (AvgIpc) is 3.05. The molecule has 0 fully saturated rings. The molecular weight excluding hydrogens is 318 g/mol. The summed E-state index contributed by atoms with van der Waals surface area (Å²) in [5, 5.41) is 8.64. The first-order chi connectivity index (χ1) is 11.6. The number of benzene rings is 2. The molecule has 3 aromatic rings. The Labute approximate surface area is 145 Å². The van der Waals surface area contributed by atoms with E-state index in [1.165, 1.54) is 11.8 Å². The molecule has 0 aliphatic rings. The van der Waals surface area contributed by atoms with E-state index in [4.69, 9.17) is 0 Å².